The SMILES string of the molecule is CN(Cc1ccccc1NC(=O)c1ccc([N+](=O)[O-])o1)C1CCCCC1. The van der Waals surface area contributed by atoms with Crippen LogP contribution in [0.4, 0.5) is 11.6 Å². The Balaban J connectivity index is 1.69. The van der Waals surface area contributed by atoms with Crippen LogP contribution in [-0.2, 0) is 6.54 Å². The van der Waals surface area contributed by atoms with Gasteiger partial charge in [0, 0.05) is 18.3 Å². The number of hydrogen-bond acceptors (Lipinski definition) is 5. The number of para-hydroxylation sites is 1. The van der Waals surface area contributed by atoms with Crippen molar-refractivity contribution in [2.75, 3.05) is 12.4 Å². The van der Waals surface area contributed by atoms with Gasteiger partial charge in [-0.3, -0.25) is 19.8 Å². The highest BCUT2D eigenvalue weighted by molar-refractivity contribution is 6.02. The summed E-state index contributed by atoms with van der Waals surface area (Å²) in [5.41, 5.74) is 1.70. The summed E-state index contributed by atoms with van der Waals surface area (Å²) in [5, 5.41) is 13.5. The van der Waals surface area contributed by atoms with E-state index < -0.39 is 16.7 Å². The van der Waals surface area contributed by atoms with Crippen molar-refractivity contribution < 1.29 is 14.1 Å². The highest BCUT2D eigenvalue weighted by Crippen LogP contribution is 2.25. The number of carbonyl (C=O) groups excluding carboxylic acids is 1. The van der Waals surface area contributed by atoms with Crippen LogP contribution >= 0.6 is 0 Å². The Kier molecular flexibility index (Phi) is 5.68. The van der Waals surface area contributed by atoms with Crippen LogP contribution in [-0.4, -0.2) is 28.8 Å². The summed E-state index contributed by atoms with van der Waals surface area (Å²) >= 11 is 0. The van der Waals surface area contributed by atoms with Gasteiger partial charge < -0.3 is 9.73 Å². The molecule has 0 saturated heterocycles. The smallest absolute Gasteiger partial charge is 0.395 e. The van der Waals surface area contributed by atoms with Crippen LogP contribution in [0.15, 0.2) is 40.8 Å². The molecular formula is C19H23N3O4. The first-order valence-electron chi connectivity index (χ1n) is 8.88. The Labute approximate surface area is 152 Å². The maximum absolute atomic E-state index is 12.3. The van der Waals surface area contributed by atoms with E-state index in [2.05, 4.69) is 17.3 Å². The summed E-state index contributed by atoms with van der Waals surface area (Å²) in [7, 11) is 2.12. The molecule has 138 valence electrons. The molecular weight excluding hydrogens is 334 g/mol. The Morgan fingerprint density at radius 2 is 1.96 bits per heavy atom. The summed E-state index contributed by atoms with van der Waals surface area (Å²) in [4.78, 5) is 24.7. The first-order chi connectivity index (χ1) is 12.5. The lowest BCUT2D eigenvalue weighted by molar-refractivity contribution is -0.402. The van der Waals surface area contributed by atoms with E-state index >= 15 is 0 Å². The van der Waals surface area contributed by atoms with Gasteiger partial charge in [-0.2, -0.15) is 0 Å². The lowest BCUT2D eigenvalue weighted by Crippen LogP contribution is -2.33. The predicted octanol–water partition coefficient (Wildman–Crippen LogP) is 4.20. The summed E-state index contributed by atoms with van der Waals surface area (Å²) in [5.74, 6) is -1.02. The van der Waals surface area contributed by atoms with E-state index in [0.29, 0.717) is 11.7 Å². The van der Waals surface area contributed by atoms with Gasteiger partial charge in [0.05, 0.1) is 6.07 Å². The molecule has 0 unspecified atom stereocenters. The van der Waals surface area contributed by atoms with Gasteiger partial charge in [0.2, 0.25) is 0 Å². The number of nitro groups is 1. The van der Waals surface area contributed by atoms with Gasteiger partial charge in [0.15, 0.2) is 5.76 Å². The van der Waals surface area contributed by atoms with Crippen LogP contribution in [0.2, 0.25) is 0 Å². The summed E-state index contributed by atoms with van der Waals surface area (Å²) < 4.78 is 4.97. The molecule has 26 heavy (non-hydrogen) atoms. The zero-order valence-electron chi connectivity index (χ0n) is 14.8. The van der Waals surface area contributed by atoms with Crippen molar-refractivity contribution in [2.24, 2.45) is 0 Å². The van der Waals surface area contributed by atoms with Crippen LogP contribution in [0.25, 0.3) is 0 Å². The second-order valence-corrected chi connectivity index (χ2v) is 6.71. The van der Waals surface area contributed by atoms with E-state index in [-0.39, 0.29) is 5.76 Å². The van der Waals surface area contributed by atoms with Gasteiger partial charge in [-0.1, -0.05) is 37.5 Å². The Hall–Kier alpha value is -2.67. The number of benzene rings is 1. The molecule has 1 aliphatic carbocycles. The fraction of sp³-hybridized carbons (Fsp3) is 0.421. The van der Waals surface area contributed by atoms with E-state index in [9.17, 15) is 14.9 Å². The Morgan fingerprint density at radius 1 is 1.23 bits per heavy atom. The molecule has 0 spiro atoms. The molecule has 1 heterocycles. The van der Waals surface area contributed by atoms with E-state index in [1.165, 1.54) is 44.2 Å². The molecule has 1 amide bonds. The molecule has 1 fully saturated rings. The second-order valence-electron chi connectivity index (χ2n) is 6.71. The van der Waals surface area contributed by atoms with Gasteiger partial charge >= 0.3 is 5.88 Å². The number of anilines is 1. The summed E-state index contributed by atoms with van der Waals surface area (Å²) in [6.07, 6.45) is 6.27. The monoisotopic (exact) mass is 357 g/mol. The van der Waals surface area contributed by atoms with Gasteiger partial charge in [0.25, 0.3) is 5.91 Å². The minimum absolute atomic E-state index is 0.0767. The average Bonchev–Trinajstić information content (AvgIpc) is 3.15. The zero-order valence-corrected chi connectivity index (χ0v) is 14.8. The van der Waals surface area contributed by atoms with Crippen molar-refractivity contribution in [3.05, 3.63) is 57.8 Å². The number of carbonyl (C=O) groups is 1. The predicted molar refractivity (Wildman–Crippen MR) is 98.1 cm³/mol. The third-order valence-corrected chi connectivity index (χ3v) is 4.88. The fourth-order valence-electron chi connectivity index (χ4n) is 3.43. The zero-order chi connectivity index (χ0) is 18.5. The third kappa shape index (κ3) is 4.29. The first-order valence-corrected chi connectivity index (χ1v) is 8.88. The minimum Gasteiger partial charge on any atom is -0.395 e. The second kappa shape index (κ2) is 8.14. The van der Waals surface area contributed by atoms with Gasteiger partial charge in [-0.05, 0) is 37.6 Å². The molecule has 0 bridgehead atoms. The number of nitrogens with zero attached hydrogens (tertiary/aromatic N) is 2. The molecule has 1 aromatic carbocycles. The quantitative estimate of drug-likeness (QED) is 0.618. The van der Waals surface area contributed by atoms with Crippen molar-refractivity contribution >= 4 is 17.5 Å². The molecule has 1 aromatic heterocycles. The third-order valence-electron chi connectivity index (χ3n) is 4.88. The van der Waals surface area contributed by atoms with Crippen molar-refractivity contribution in [3.63, 3.8) is 0 Å². The molecule has 1 N–H and O–H groups in total. The molecule has 0 aliphatic heterocycles. The maximum Gasteiger partial charge on any atom is 0.433 e. The number of amides is 1. The first kappa shape index (κ1) is 18.1. The van der Waals surface area contributed by atoms with Crippen LogP contribution in [0.5, 0.6) is 0 Å². The molecule has 7 heteroatoms. The fourth-order valence-corrected chi connectivity index (χ4v) is 3.43. The van der Waals surface area contributed by atoms with Crippen molar-refractivity contribution in [2.45, 2.75) is 44.7 Å². The maximum atomic E-state index is 12.3. The standard InChI is InChI=1S/C19H23N3O4/c1-21(15-8-3-2-4-9-15)13-14-7-5-6-10-16(14)20-19(23)17-11-12-18(26-17)22(24)25/h5-7,10-12,15H,2-4,8-9,13H2,1H3,(H,20,23). The van der Waals surface area contributed by atoms with Crippen LogP contribution in [0.1, 0.15) is 48.2 Å². The number of furan rings is 1. The Morgan fingerprint density at radius 3 is 2.65 bits per heavy atom. The van der Waals surface area contributed by atoms with E-state index in [4.69, 9.17) is 4.42 Å². The largest absolute Gasteiger partial charge is 0.433 e. The number of rotatable bonds is 6. The van der Waals surface area contributed by atoms with Gasteiger partial charge in [0.1, 0.15) is 4.92 Å². The average molecular weight is 357 g/mol. The molecule has 7 nitrogen and oxygen atoms in total. The van der Waals surface area contributed by atoms with Crippen LogP contribution in [0.3, 0.4) is 0 Å². The topological polar surface area (TPSA) is 88.6 Å². The highest BCUT2D eigenvalue weighted by Gasteiger charge is 2.21. The molecule has 1 saturated carbocycles. The molecule has 2 aromatic rings. The highest BCUT2D eigenvalue weighted by atomic mass is 16.6. The summed E-state index contributed by atoms with van der Waals surface area (Å²) in [6, 6.07) is 10.7. The minimum atomic E-state index is -0.663. The van der Waals surface area contributed by atoms with Crippen molar-refractivity contribution in [3.8, 4) is 0 Å². The number of hydrogen-bond donors (Lipinski definition) is 1. The summed E-state index contributed by atoms with van der Waals surface area (Å²) in [6.45, 7) is 0.736. The van der Waals surface area contributed by atoms with Crippen molar-refractivity contribution in [1.29, 1.82) is 0 Å². The van der Waals surface area contributed by atoms with E-state index in [0.717, 1.165) is 12.1 Å². The van der Waals surface area contributed by atoms with E-state index in [1.807, 2.05) is 24.3 Å². The van der Waals surface area contributed by atoms with Gasteiger partial charge in [-0.25, -0.2) is 0 Å². The van der Waals surface area contributed by atoms with Crippen molar-refractivity contribution in [1.82, 2.24) is 4.90 Å². The van der Waals surface area contributed by atoms with Crippen LogP contribution < -0.4 is 5.32 Å². The van der Waals surface area contributed by atoms with Crippen LogP contribution in [0, 0.1) is 10.1 Å². The molecule has 1 aliphatic rings. The lowest BCUT2D eigenvalue weighted by Gasteiger charge is -2.31. The molecule has 3 rings (SSSR count). The molecule has 0 atom stereocenters. The normalized spacial score (nSPS) is 15.2. The molecule has 0 radical (unpaired) electrons. The van der Waals surface area contributed by atoms with Gasteiger partial charge in [-0.15, -0.1) is 0 Å². The lowest BCUT2D eigenvalue weighted by atomic mass is 9.94. The Bertz CT molecular complexity index is 781. The van der Waals surface area contributed by atoms with E-state index in [1.54, 1.807) is 0 Å². The number of nitrogens with one attached hydrogen (secondary N) is 1.